The van der Waals surface area contributed by atoms with Gasteiger partial charge in [0.1, 0.15) is 18.3 Å². The summed E-state index contributed by atoms with van der Waals surface area (Å²) < 4.78 is 105. The van der Waals surface area contributed by atoms with Crippen LogP contribution in [0.1, 0.15) is 18.5 Å². The van der Waals surface area contributed by atoms with Gasteiger partial charge in [0.2, 0.25) is 34.8 Å². The van der Waals surface area contributed by atoms with Crippen molar-refractivity contribution in [1.29, 1.82) is 0 Å². The normalized spacial score (nSPS) is 22.1. The summed E-state index contributed by atoms with van der Waals surface area (Å²) in [6, 6.07) is 0. The van der Waals surface area contributed by atoms with Crippen molar-refractivity contribution in [3.63, 3.8) is 0 Å². The Morgan fingerprint density at radius 2 is 1.51 bits per heavy atom. The van der Waals surface area contributed by atoms with Crippen molar-refractivity contribution in [2.24, 2.45) is 0 Å². The molecule has 0 radical (unpaired) electrons. The van der Waals surface area contributed by atoms with Gasteiger partial charge in [-0.15, -0.1) is 5.10 Å². The van der Waals surface area contributed by atoms with Gasteiger partial charge in [0, 0.05) is 12.6 Å². The Bertz CT molecular complexity index is 1310. The topological polar surface area (TPSA) is 212 Å². The van der Waals surface area contributed by atoms with E-state index in [0.717, 1.165) is 0 Å². The molecule has 45 heavy (non-hydrogen) atoms. The predicted molar refractivity (Wildman–Crippen MR) is 136 cm³/mol. The van der Waals surface area contributed by atoms with E-state index >= 15 is 0 Å². The molecule has 1 aromatic carbocycles. The highest BCUT2D eigenvalue weighted by Crippen LogP contribution is 2.37. The van der Waals surface area contributed by atoms with Crippen LogP contribution in [0, 0.1) is 29.1 Å². The highest BCUT2D eigenvalue weighted by molar-refractivity contribution is 7.51. The van der Waals surface area contributed by atoms with Crippen molar-refractivity contribution in [2.45, 2.75) is 56.5 Å². The van der Waals surface area contributed by atoms with Crippen LogP contribution in [0.5, 0.6) is 5.75 Å². The number of carbonyl (C=O) groups excluding carboxylic acids is 1. The van der Waals surface area contributed by atoms with Crippen LogP contribution in [0.15, 0.2) is 6.20 Å². The highest BCUT2D eigenvalue weighted by Gasteiger charge is 2.44. The molecule has 1 aliphatic heterocycles. The summed E-state index contributed by atoms with van der Waals surface area (Å²) in [5, 5.41) is 38.0. The van der Waals surface area contributed by atoms with E-state index in [9.17, 15) is 46.6 Å². The zero-order chi connectivity index (χ0) is 33.3. The second kappa shape index (κ2) is 16.8. The van der Waals surface area contributed by atoms with Crippen LogP contribution >= 0.6 is 7.60 Å². The van der Waals surface area contributed by atoms with E-state index < -0.39 is 91.7 Å². The quantitative estimate of drug-likeness (QED) is 0.0282. The Labute approximate surface area is 251 Å². The van der Waals surface area contributed by atoms with Crippen molar-refractivity contribution in [3.8, 4) is 5.75 Å². The Morgan fingerprint density at radius 1 is 0.889 bits per heavy atom. The lowest BCUT2D eigenvalue weighted by Gasteiger charge is -2.40. The van der Waals surface area contributed by atoms with Crippen LogP contribution in [0.2, 0.25) is 0 Å². The fraction of sp³-hybridized carbons (Fsp3) is 0.625. The second-order valence-corrected chi connectivity index (χ2v) is 11.4. The maximum atomic E-state index is 13.6. The summed E-state index contributed by atoms with van der Waals surface area (Å²) in [5.74, 6) is -14.4. The van der Waals surface area contributed by atoms with Gasteiger partial charge in [-0.2, -0.15) is 8.78 Å². The number of aliphatic hydroxyl groups excluding tert-OH is 3. The minimum Gasteiger partial charge on any atom is -0.420 e. The lowest BCUT2D eigenvalue weighted by molar-refractivity contribution is -0.296. The standard InChI is InChI=1S/C24H31F5N3O12P/c25-15-16(26)18(28)23(19(29)17(15)27)44-14(33)2-5-40-8-9-41-7-4-32-11-12(30-31-32)1-6-42-24-22(36)21(35)20(34)13(43-24)3-10-45(37,38)39/h11,13,20-22,24,34-36H,1-10H2,(H2,37,38,39)/t13-,20-,21+,22+,24+/m1/s1. The molecule has 254 valence electrons. The summed E-state index contributed by atoms with van der Waals surface area (Å²) in [6.07, 6.45) is -7.00. The Morgan fingerprint density at radius 3 is 2.16 bits per heavy atom. The molecule has 21 heteroatoms. The van der Waals surface area contributed by atoms with Crippen molar-refractivity contribution >= 4 is 13.6 Å². The number of esters is 1. The Balaban J connectivity index is 1.28. The lowest BCUT2D eigenvalue weighted by Crippen LogP contribution is -2.58. The Kier molecular flexibility index (Phi) is 13.7. The van der Waals surface area contributed by atoms with E-state index in [4.69, 9.17) is 28.7 Å². The van der Waals surface area contributed by atoms with Crippen LogP contribution in [-0.4, -0.2) is 116 Å². The zero-order valence-electron chi connectivity index (χ0n) is 23.3. The molecule has 15 nitrogen and oxygen atoms in total. The van der Waals surface area contributed by atoms with E-state index in [2.05, 4.69) is 15.0 Å². The second-order valence-electron chi connectivity index (χ2n) is 9.63. The molecule has 0 aliphatic carbocycles. The van der Waals surface area contributed by atoms with E-state index in [-0.39, 0.29) is 52.4 Å². The molecule has 5 atom stereocenters. The average Bonchev–Trinajstić information content (AvgIpc) is 3.45. The number of nitrogens with zero attached hydrogens (tertiary/aromatic N) is 3. The maximum Gasteiger partial charge on any atom is 0.325 e. The summed E-state index contributed by atoms with van der Waals surface area (Å²) >= 11 is 0. The third-order valence-corrected chi connectivity index (χ3v) is 7.11. The minimum atomic E-state index is -4.38. The molecule has 5 N–H and O–H groups in total. The smallest absolute Gasteiger partial charge is 0.325 e. The van der Waals surface area contributed by atoms with Gasteiger partial charge in [0.15, 0.2) is 6.29 Å². The largest absolute Gasteiger partial charge is 0.420 e. The van der Waals surface area contributed by atoms with Gasteiger partial charge in [0.05, 0.1) is 64.0 Å². The molecule has 1 aliphatic rings. The molecule has 2 heterocycles. The average molecular weight is 679 g/mol. The van der Waals surface area contributed by atoms with Crippen molar-refractivity contribution in [3.05, 3.63) is 41.0 Å². The molecule has 0 spiro atoms. The number of hydrogen-bond acceptors (Lipinski definition) is 12. The summed E-state index contributed by atoms with van der Waals surface area (Å²) in [4.78, 5) is 29.7. The number of halogens is 5. The maximum absolute atomic E-state index is 13.6. The van der Waals surface area contributed by atoms with Gasteiger partial charge >= 0.3 is 13.6 Å². The SMILES string of the molecule is O=C(CCOCCOCCn1cc(CCO[C@H]2O[C@H](CCP(=O)(O)O)[C@@H](O)[C@H](O)[C@@H]2O)nn1)Oc1c(F)c(F)c(F)c(F)c1F. The van der Waals surface area contributed by atoms with E-state index in [1.165, 1.54) is 4.68 Å². The molecular weight excluding hydrogens is 648 g/mol. The van der Waals surface area contributed by atoms with E-state index in [0.29, 0.717) is 5.69 Å². The third kappa shape index (κ3) is 10.7. The van der Waals surface area contributed by atoms with Crippen LogP contribution in [0.25, 0.3) is 0 Å². The molecule has 0 unspecified atom stereocenters. The van der Waals surface area contributed by atoms with Gasteiger partial charge in [-0.1, -0.05) is 5.21 Å². The first-order valence-corrected chi connectivity index (χ1v) is 15.1. The van der Waals surface area contributed by atoms with Crippen LogP contribution in [0.3, 0.4) is 0 Å². The van der Waals surface area contributed by atoms with Gasteiger partial charge in [-0.05, 0) is 6.42 Å². The van der Waals surface area contributed by atoms with Gasteiger partial charge in [-0.3, -0.25) is 9.36 Å². The van der Waals surface area contributed by atoms with Crippen molar-refractivity contribution in [2.75, 3.05) is 39.2 Å². The highest BCUT2D eigenvalue weighted by atomic mass is 31.2. The van der Waals surface area contributed by atoms with Crippen LogP contribution < -0.4 is 4.74 Å². The molecule has 0 saturated carbocycles. The third-order valence-electron chi connectivity index (χ3n) is 6.27. The number of benzene rings is 1. The molecule has 1 fully saturated rings. The predicted octanol–water partition coefficient (Wildman–Crippen LogP) is -0.0630. The molecule has 3 rings (SSSR count). The fourth-order valence-corrected chi connectivity index (χ4v) is 4.50. The molecular formula is C24H31F5N3O12P. The minimum absolute atomic E-state index is 0.00324. The van der Waals surface area contributed by atoms with Crippen molar-refractivity contribution in [1.82, 2.24) is 15.0 Å². The van der Waals surface area contributed by atoms with Gasteiger partial charge in [0.25, 0.3) is 0 Å². The fourth-order valence-electron chi connectivity index (χ4n) is 3.91. The molecule has 2 aromatic rings. The number of carbonyl (C=O) groups is 1. The number of hydrogen-bond donors (Lipinski definition) is 5. The first-order chi connectivity index (χ1) is 21.2. The molecule has 0 bridgehead atoms. The van der Waals surface area contributed by atoms with Gasteiger partial charge in [-0.25, -0.2) is 17.9 Å². The Hall–Kier alpha value is -2.65. The first kappa shape index (κ1) is 36.8. The number of ether oxygens (including phenoxy) is 5. The van der Waals surface area contributed by atoms with E-state index in [1.807, 2.05) is 0 Å². The number of rotatable bonds is 17. The lowest BCUT2D eigenvalue weighted by atomic mass is 9.97. The summed E-state index contributed by atoms with van der Waals surface area (Å²) in [7, 11) is -4.38. The van der Waals surface area contributed by atoms with Crippen molar-refractivity contribution < 1.29 is 80.1 Å². The first-order valence-electron chi connectivity index (χ1n) is 13.3. The van der Waals surface area contributed by atoms with Gasteiger partial charge < -0.3 is 48.8 Å². The van der Waals surface area contributed by atoms with Crippen LogP contribution in [0.4, 0.5) is 22.0 Å². The molecule has 1 saturated heterocycles. The van der Waals surface area contributed by atoms with E-state index in [1.54, 1.807) is 6.20 Å². The summed E-state index contributed by atoms with van der Waals surface area (Å²) in [5.41, 5.74) is 0.486. The number of aliphatic hydroxyl groups is 3. The van der Waals surface area contributed by atoms with Crippen LogP contribution in [-0.2, 0) is 41.3 Å². The molecule has 1 aromatic heterocycles. The zero-order valence-corrected chi connectivity index (χ0v) is 24.2. The summed E-state index contributed by atoms with van der Waals surface area (Å²) in [6.45, 7) is 0.180. The molecule has 0 amide bonds. The number of aromatic nitrogens is 3. The monoisotopic (exact) mass is 679 g/mol.